The largest absolute Gasteiger partial charge is 0.371 e. The van der Waals surface area contributed by atoms with Gasteiger partial charge in [0, 0.05) is 17.6 Å². The maximum absolute atomic E-state index is 12.4. The molecule has 2 aliphatic rings. The predicted octanol–water partition coefficient (Wildman–Crippen LogP) is 2.45. The summed E-state index contributed by atoms with van der Waals surface area (Å²) in [7, 11) is 0. The fourth-order valence-electron chi connectivity index (χ4n) is 2.59. The van der Waals surface area contributed by atoms with Crippen LogP contribution in [0.5, 0.6) is 0 Å². The minimum atomic E-state index is 0.109. The van der Waals surface area contributed by atoms with Gasteiger partial charge in [0.15, 0.2) is 0 Å². The van der Waals surface area contributed by atoms with Crippen molar-refractivity contribution in [3.05, 3.63) is 34.3 Å². The Bertz CT molecular complexity index is 437. The topological polar surface area (TPSA) is 29.5 Å². The Morgan fingerprint density at radius 2 is 1.88 bits per heavy atom. The molecule has 2 fully saturated rings. The molecule has 1 amide bonds. The van der Waals surface area contributed by atoms with Gasteiger partial charge in [0.05, 0.1) is 17.8 Å². The minimum absolute atomic E-state index is 0.109. The van der Waals surface area contributed by atoms with Crippen molar-refractivity contribution >= 4 is 21.8 Å². The van der Waals surface area contributed by atoms with Gasteiger partial charge in [0.25, 0.3) is 5.91 Å². The molecule has 90 valence electrons. The zero-order valence-electron chi connectivity index (χ0n) is 9.43. The van der Waals surface area contributed by atoms with E-state index in [1.54, 1.807) is 0 Å². The number of benzene rings is 1. The molecule has 0 radical (unpaired) electrons. The third-order valence-electron chi connectivity index (χ3n) is 3.44. The van der Waals surface area contributed by atoms with Crippen molar-refractivity contribution in [2.45, 2.75) is 25.0 Å². The number of hydrogen-bond donors (Lipinski definition) is 0. The molecule has 2 atom stereocenters. The van der Waals surface area contributed by atoms with Crippen molar-refractivity contribution in [1.82, 2.24) is 4.90 Å². The number of morpholine rings is 1. The van der Waals surface area contributed by atoms with E-state index < -0.39 is 0 Å². The SMILES string of the molecule is O=C(c1ccccc1Br)N1CC2CCC(C1)O2. The summed E-state index contributed by atoms with van der Waals surface area (Å²) < 4.78 is 6.60. The van der Waals surface area contributed by atoms with Crippen LogP contribution in [0.3, 0.4) is 0 Å². The molecule has 1 aromatic carbocycles. The molecule has 3 nitrogen and oxygen atoms in total. The van der Waals surface area contributed by atoms with Crippen LogP contribution in [0.4, 0.5) is 0 Å². The molecular formula is C13H14BrNO2. The third kappa shape index (κ3) is 2.11. The van der Waals surface area contributed by atoms with Crippen LogP contribution in [0, 0.1) is 0 Å². The highest BCUT2D eigenvalue weighted by atomic mass is 79.9. The summed E-state index contributed by atoms with van der Waals surface area (Å²) >= 11 is 3.43. The summed E-state index contributed by atoms with van der Waals surface area (Å²) in [6, 6.07) is 7.59. The number of likely N-dealkylation sites (tertiary alicyclic amines) is 1. The van der Waals surface area contributed by atoms with Crippen molar-refractivity contribution < 1.29 is 9.53 Å². The van der Waals surface area contributed by atoms with Crippen LogP contribution >= 0.6 is 15.9 Å². The summed E-state index contributed by atoms with van der Waals surface area (Å²) in [5, 5.41) is 0. The summed E-state index contributed by atoms with van der Waals surface area (Å²) in [6.45, 7) is 1.47. The maximum atomic E-state index is 12.4. The molecule has 2 saturated heterocycles. The highest BCUT2D eigenvalue weighted by Crippen LogP contribution is 2.28. The smallest absolute Gasteiger partial charge is 0.255 e. The number of carbonyl (C=O) groups is 1. The summed E-state index contributed by atoms with van der Waals surface area (Å²) in [5.74, 6) is 0.109. The van der Waals surface area contributed by atoms with Crippen LogP contribution in [-0.4, -0.2) is 36.1 Å². The minimum Gasteiger partial charge on any atom is -0.371 e. The Kier molecular flexibility index (Phi) is 2.92. The van der Waals surface area contributed by atoms with E-state index in [-0.39, 0.29) is 18.1 Å². The van der Waals surface area contributed by atoms with E-state index in [2.05, 4.69) is 15.9 Å². The van der Waals surface area contributed by atoms with Gasteiger partial charge in [-0.05, 0) is 40.9 Å². The molecule has 2 bridgehead atoms. The van der Waals surface area contributed by atoms with Gasteiger partial charge in [-0.2, -0.15) is 0 Å². The fourth-order valence-corrected chi connectivity index (χ4v) is 3.04. The fraction of sp³-hybridized carbons (Fsp3) is 0.462. The molecular weight excluding hydrogens is 282 g/mol. The Hall–Kier alpha value is -0.870. The summed E-state index contributed by atoms with van der Waals surface area (Å²) in [5.41, 5.74) is 0.744. The molecule has 17 heavy (non-hydrogen) atoms. The van der Waals surface area contributed by atoms with Gasteiger partial charge < -0.3 is 9.64 Å². The number of carbonyl (C=O) groups excluding carboxylic acids is 1. The van der Waals surface area contributed by atoms with Gasteiger partial charge in [-0.1, -0.05) is 12.1 Å². The molecule has 0 aliphatic carbocycles. The quantitative estimate of drug-likeness (QED) is 0.796. The number of halogens is 1. The molecule has 3 rings (SSSR count). The lowest BCUT2D eigenvalue weighted by Crippen LogP contribution is -2.45. The average molecular weight is 296 g/mol. The molecule has 4 heteroatoms. The Labute approximate surface area is 109 Å². The zero-order chi connectivity index (χ0) is 11.8. The average Bonchev–Trinajstić information content (AvgIpc) is 2.68. The van der Waals surface area contributed by atoms with E-state index in [0.29, 0.717) is 0 Å². The van der Waals surface area contributed by atoms with Crippen LogP contribution in [-0.2, 0) is 4.74 Å². The van der Waals surface area contributed by atoms with Crippen LogP contribution < -0.4 is 0 Å². The Balaban J connectivity index is 1.81. The predicted molar refractivity (Wildman–Crippen MR) is 67.9 cm³/mol. The van der Waals surface area contributed by atoms with Crippen LogP contribution in [0.2, 0.25) is 0 Å². The van der Waals surface area contributed by atoms with Gasteiger partial charge in [-0.15, -0.1) is 0 Å². The maximum Gasteiger partial charge on any atom is 0.255 e. The van der Waals surface area contributed by atoms with E-state index in [1.807, 2.05) is 29.2 Å². The van der Waals surface area contributed by atoms with E-state index >= 15 is 0 Å². The second kappa shape index (κ2) is 4.42. The number of amides is 1. The van der Waals surface area contributed by atoms with Crippen molar-refractivity contribution in [3.8, 4) is 0 Å². The molecule has 0 saturated carbocycles. The number of rotatable bonds is 1. The van der Waals surface area contributed by atoms with Crippen LogP contribution in [0.25, 0.3) is 0 Å². The third-order valence-corrected chi connectivity index (χ3v) is 4.13. The van der Waals surface area contributed by atoms with Gasteiger partial charge in [-0.25, -0.2) is 0 Å². The first-order valence-electron chi connectivity index (χ1n) is 5.93. The normalized spacial score (nSPS) is 27.2. The Morgan fingerprint density at radius 1 is 1.24 bits per heavy atom. The first-order chi connectivity index (χ1) is 8.24. The molecule has 0 spiro atoms. The zero-order valence-corrected chi connectivity index (χ0v) is 11.0. The van der Waals surface area contributed by atoms with E-state index in [9.17, 15) is 4.79 Å². The Morgan fingerprint density at radius 3 is 2.53 bits per heavy atom. The molecule has 0 aromatic heterocycles. The lowest BCUT2D eigenvalue weighted by molar-refractivity contribution is -0.0303. The van der Waals surface area contributed by atoms with E-state index in [0.717, 1.165) is 36.0 Å². The second-order valence-corrected chi connectivity index (χ2v) is 5.50. The number of ether oxygens (including phenoxy) is 1. The number of nitrogens with zero attached hydrogens (tertiary/aromatic N) is 1. The molecule has 1 aromatic rings. The number of fused-ring (bicyclic) bond motifs is 2. The van der Waals surface area contributed by atoms with Gasteiger partial charge in [0.2, 0.25) is 0 Å². The van der Waals surface area contributed by atoms with Crippen LogP contribution in [0.15, 0.2) is 28.7 Å². The molecule has 2 unspecified atom stereocenters. The van der Waals surface area contributed by atoms with Gasteiger partial charge >= 0.3 is 0 Å². The molecule has 2 heterocycles. The first-order valence-corrected chi connectivity index (χ1v) is 6.72. The lowest BCUT2D eigenvalue weighted by Gasteiger charge is -2.32. The lowest BCUT2D eigenvalue weighted by atomic mass is 10.2. The summed E-state index contributed by atoms with van der Waals surface area (Å²) in [6.07, 6.45) is 2.68. The van der Waals surface area contributed by atoms with Crippen molar-refractivity contribution in [3.63, 3.8) is 0 Å². The van der Waals surface area contributed by atoms with Gasteiger partial charge in [0.1, 0.15) is 0 Å². The monoisotopic (exact) mass is 295 g/mol. The van der Waals surface area contributed by atoms with Gasteiger partial charge in [-0.3, -0.25) is 4.79 Å². The molecule has 2 aliphatic heterocycles. The van der Waals surface area contributed by atoms with E-state index in [4.69, 9.17) is 4.74 Å². The first kappa shape index (κ1) is 11.2. The highest BCUT2D eigenvalue weighted by molar-refractivity contribution is 9.10. The standard InChI is InChI=1S/C13H14BrNO2/c14-12-4-2-1-3-11(12)13(16)15-7-9-5-6-10(8-15)17-9/h1-4,9-10H,5-8H2. The van der Waals surface area contributed by atoms with Crippen molar-refractivity contribution in [2.24, 2.45) is 0 Å². The van der Waals surface area contributed by atoms with Crippen molar-refractivity contribution in [1.29, 1.82) is 0 Å². The second-order valence-electron chi connectivity index (χ2n) is 4.65. The number of hydrogen-bond acceptors (Lipinski definition) is 2. The highest BCUT2D eigenvalue weighted by Gasteiger charge is 2.36. The summed E-state index contributed by atoms with van der Waals surface area (Å²) in [4.78, 5) is 14.3. The molecule has 0 N–H and O–H groups in total. The van der Waals surface area contributed by atoms with Crippen molar-refractivity contribution in [2.75, 3.05) is 13.1 Å². The van der Waals surface area contributed by atoms with Crippen LogP contribution in [0.1, 0.15) is 23.2 Å². The van der Waals surface area contributed by atoms with E-state index in [1.165, 1.54) is 0 Å².